The second kappa shape index (κ2) is 5.00. The maximum Gasteiger partial charge on any atom is 0.166 e. The van der Waals surface area contributed by atoms with E-state index in [2.05, 4.69) is 25.3 Å². The minimum absolute atomic E-state index is 0.0682. The molecule has 28 heavy (non-hydrogen) atoms. The lowest BCUT2D eigenvalue weighted by Crippen LogP contribution is -3.18. The molecule has 5 heteroatoms. The molecule has 6 aliphatic rings. The lowest BCUT2D eigenvalue weighted by atomic mass is 9.37. The van der Waals surface area contributed by atoms with Crippen molar-refractivity contribution in [2.45, 2.75) is 49.3 Å². The number of hydrogen-bond donors (Lipinski definition) is 1. The Kier molecular flexibility index (Phi) is 3.05. The van der Waals surface area contributed by atoms with Crippen LogP contribution in [0.5, 0.6) is 11.5 Å². The van der Waals surface area contributed by atoms with Gasteiger partial charge in [0.15, 0.2) is 11.5 Å². The Bertz CT molecular complexity index is 941. The zero-order valence-corrected chi connectivity index (χ0v) is 17.0. The number of carbonyl (C=O) groups is 1. The molecule has 1 unspecified atom stereocenters. The maximum atomic E-state index is 12.8. The lowest BCUT2D eigenvalue weighted by molar-refractivity contribution is -0.923. The summed E-state index contributed by atoms with van der Waals surface area (Å²) in [5.41, 5.74) is 1.82. The van der Waals surface area contributed by atoms with Crippen LogP contribution in [0.1, 0.15) is 30.9 Å². The highest BCUT2D eigenvalue weighted by atomic mass is 16.6. The van der Waals surface area contributed by atoms with Gasteiger partial charge in [0.05, 0.1) is 37.5 Å². The summed E-state index contributed by atoms with van der Waals surface area (Å²) in [6, 6.07) is 4.73. The first-order chi connectivity index (χ1) is 13.4. The molecule has 4 bridgehead atoms. The number of likely N-dealkylation sites (tertiary alicyclic amines) is 1. The van der Waals surface area contributed by atoms with Gasteiger partial charge >= 0.3 is 0 Å². The second-order valence-corrected chi connectivity index (χ2v) is 9.50. The molecule has 5 nitrogen and oxygen atoms in total. The van der Waals surface area contributed by atoms with Gasteiger partial charge < -0.3 is 19.1 Å². The summed E-state index contributed by atoms with van der Waals surface area (Å²) < 4.78 is 18.7. The summed E-state index contributed by atoms with van der Waals surface area (Å²) in [7, 11) is 5.76. The van der Waals surface area contributed by atoms with Gasteiger partial charge in [-0.05, 0) is 25.0 Å². The van der Waals surface area contributed by atoms with E-state index in [1.54, 1.807) is 26.0 Å². The van der Waals surface area contributed by atoms with Crippen molar-refractivity contribution < 1.29 is 23.9 Å². The molecule has 1 aromatic rings. The van der Waals surface area contributed by atoms with Crippen molar-refractivity contribution in [3.63, 3.8) is 0 Å². The number of methoxy groups -OCH3 is 2. The molecule has 4 aliphatic carbocycles. The Balaban J connectivity index is 1.72. The highest BCUT2D eigenvalue weighted by molar-refractivity contribution is 5.82. The van der Waals surface area contributed by atoms with Gasteiger partial charge in [0.25, 0.3) is 0 Å². The standard InChI is InChI=1S/C23H27NO4/c1-13(25)15-12-21-7-8-23(15,27-4)20-22(21)9-10-24(2)17(21)11-14-5-6-16(26-3)19(28-20)18(14)22/h5-8,15,17,20H,9-12H2,1-4H3/p+1/t15-,17+,20-,21-,22+,23-/m1/s1. The molecule has 1 saturated heterocycles. The van der Waals surface area contributed by atoms with Gasteiger partial charge in [0.1, 0.15) is 23.5 Å². The van der Waals surface area contributed by atoms with Crippen molar-refractivity contribution in [2.75, 3.05) is 27.8 Å². The molecule has 1 N–H and O–H groups in total. The van der Waals surface area contributed by atoms with Crippen molar-refractivity contribution in [1.29, 1.82) is 0 Å². The van der Waals surface area contributed by atoms with Gasteiger partial charge in [-0.3, -0.25) is 4.79 Å². The van der Waals surface area contributed by atoms with Crippen molar-refractivity contribution in [2.24, 2.45) is 11.3 Å². The first kappa shape index (κ1) is 17.0. The summed E-state index contributed by atoms with van der Waals surface area (Å²) in [6.07, 6.45) is 7.34. The van der Waals surface area contributed by atoms with E-state index in [-0.39, 0.29) is 28.6 Å². The van der Waals surface area contributed by atoms with Crippen LogP contribution in [0.2, 0.25) is 0 Å². The molecule has 2 fully saturated rings. The van der Waals surface area contributed by atoms with Gasteiger partial charge in [-0.25, -0.2) is 0 Å². The number of carbonyl (C=O) groups excluding carboxylic acids is 1. The fourth-order valence-electron chi connectivity index (χ4n) is 7.83. The Hall–Kier alpha value is -1.85. The number of Topliss-reactive ketones (excluding diaryl/α,β-unsaturated/α-hetero) is 1. The quantitative estimate of drug-likeness (QED) is 0.795. The number of rotatable bonds is 3. The van der Waals surface area contributed by atoms with Gasteiger partial charge in [-0.1, -0.05) is 18.2 Å². The van der Waals surface area contributed by atoms with Crippen LogP contribution in [0.15, 0.2) is 24.3 Å². The SMILES string of the molecule is COc1ccc2c3c1O[C@H]1[C@@]4(OC)C=C[C@@]5(C[C@@H]4C(C)=O)[C@H](C2)[NH+](C)CC[C@]315. The molecule has 0 radical (unpaired) electrons. The minimum atomic E-state index is -0.706. The van der Waals surface area contributed by atoms with Crippen LogP contribution in [0.25, 0.3) is 0 Å². The number of nitrogens with one attached hydrogen (secondary N) is 1. The van der Waals surface area contributed by atoms with E-state index in [4.69, 9.17) is 14.2 Å². The third-order valence-electron chi connectivity index (χ3n) is 8.92. The van der Waals surface area contributed by atoms with E-state index in [0.29, 0.717) is 6.04 Å². The Morgan fingerprint density at radius 1 is 1.29 bits per heavy atom. The Labute approximate surface area is 165 Å². The van der Waals surface area contributed by atoms with E-state index in [1.165, 1.54) is 11.1 Å². The number of piperidine rings is 1. The van der Waals surface area contributed by atoms with Crippen LogP contribution in [0.3, 0.4) is 0 Å². The number of fused-ring (bicyclic) bond motifs is 1. The minimum Gasteiger partial charge on any atom is -0.493 e. The predicted octanol–water partition coefficient (Wildman–Crippen LogP) is 1.09. The highest BCUT2D eigenvalue weighted by Crippen LogP contribution is 2.73. The summed E-state index contributed by atoms with van der Waals surface area (Å²) in [5, 5.41) is 0. The van der Waals surface area contributed by atoms with Gasteiger partial charge in [-0.15, -0.1) is 0 Å². The maximum absolute atomic E-state index is 12.8. The molecule has 2 heterocycles. The molecular formula is C23H28NO4+. The molecule has 148 valence electrons. The molecule has 1 aromatic carbocycles. The van der Waals surface area contributed by atoms with Gasteiger partial charge in [-0.2, -0.15) is 0 Å². The molecule has 2 spiro atoms. The van der Waals surface area contributed by atoms with Crippen molar-refractivity contribution >= 4 is 5.78 Å². The molecule has 0 amide bonds. The van der Waals surface area contributed by atoms with E-state index in [9.17, 15) is 4.79 Å². The summed E-state index contributed by atoms with van der Waals surface area (Å²) in [4.78, 5) is 14.4. The fourth-order valence-corrected chi connectivity index (χ4v) is 7.83. The molecule has 7 atom stereocenters. The number of quaternary nitrogens is 1. The van der Waals surface area contributed by atoms with Crippen LogP contribution < -0.4 is 14.4 Å². The van der Waals surface area contributed by atoms with Crippen LogP contribution >= 0.6 is 0 Å². The normalized spacial score (nSPS) is 46.1. The number of benzene rings is 1. The zero-order chi connectivity index (χ0) is 19.5. The third-order valence-corrected chi connectivity index (χ3v) is 8.92. The van der Waals surface area contributed by atoms with E-state index in [1.807, 2.05) is 6.07 Å². The average Bonchev–Trinajstić information content (AvgIpc) is 3.07. The molecule has 1 saturated carbocycles. The van der Waals surface area contributed by atoms with E-state index in [0.717, 1.165) is 37.3 Å². The molecule has 2 aliphatic heterocycles. The average molecular weight is 382 g/mol. The van der Waals surface area contributed by atoms with E-state index < -0.39 is 5.60 Å². The third kappa shape index (κ3) is 1.49. The largest absolute Gasteiger partial charge is 0.493 e. The fraction of sp³-hybridized carbons (Fsp3) is 0.609. The number of ether oxygens (including phenoxy) is 3. The zero-order valence-electron chi connectivity index (χ0n) is 17.0. The molecule has 7 rings (SSSR count). The van der Waals surface area contributed by atoms with Crippen LogP contribution in [-0.4, -0.2) is 51.3 Å². The number of likely N-dealkylation sites (N-methyl/N-ethyl adjacent to an activating group) is 1. The molecular weight excluding hydrogens is 354 g/mol. The van der Waals surface area contributed by atoms with Crippen LogP contribution in [-0.2, 0) is 21.4 Å². The molecule has 0 aromatic heterocycles. The van der Waals surface area contributed by atoms with Crippen LogP contribution in [0.4, 0.5) is 0 Å². The van der Waals surface area contributed by atoms with Crippen molar-refractivity contribution in [1.82, 2.24) is 0 Å². The van der Waals surface area contributed by atoms with Crippen molar-refractivity contribution in [3.8, 4) is 11.5 Å². The topological polar surface area (TPSA) is 49.2 Å². The summed E-state index contributed by atoms with van der Waals surface area (Å²) in [5.74, 6) is 1.72. The number of ketones is 1. The number of hydrogen-bond acceptors (Lipinski definition) is 4. The first-order valence-electron chi connectivity index (χ1n) is 10.4. The van der Waals surface area contributed by atoms with Crippen molar-refractivity contribution in [3.05, 3.63) is 35.4 Å². The lowest BCUT2D eigenvalue weighted by Gasteiger charge is -2.69. The van der Waals surface area contributed by atoms with Gasteiger partial charge in [0.2, 0.25) is 0 Å². The Morgan fingerprint density at radius 3 is 2.82 bits per heavy atom. The van der Waals surface area contributed by atoms with Gasteiger partial charge in [0, 0.05) is 25.5 Å². The Morgan fingerprint density at radius 2 is 2.11 bits per heavy atom. The first-order valence-corrected chi connectivity index (χ1v) is 10.4. The van der Waals surface area contributed by atoms with Crippen LogP contribution in [0, 0.1) is 11.3 Å². The summed E-state index contributed by atoms with van der Waals surface area (Å²) in [6.45, 7) is 2.83. The monoisotopic (exact) mass is 382 g/mol. The second-order valence-electron chi connectivity index (χ2n) is 9.50. The summed E-state index contributed by atoms with van der Waals surface area (Å²) >= 11 is 0. The smallest absolute Gasteiger partial charge is 0.166 e. The highest BCUT2D eigenvalue weighted by Gasteiger charge is 2.80. The predicted molar refractivity (Wildman–Crippen MR) is 103 cm³/mol. The van der Waals surface area contributed by atoms with E-state index >= 15 is 0 Å².